The smallest absolute Gasteiger partial charge is 0.257 e. The number of nitrogens with one attached hydrogen (secondary N) is 8. The number of carbonyl (C=O) groups excluding carboxylic acids is 8. The maximum absolute atomic E-state index is 14.0. The van der Waals surface area contributed by atoms with Gasteiger partial charge in [0.15, 0.2) is 0 Å². The molecule has 0 radical (unpaired) electrons. The molecule has 2 aromatic carbocycles. The SMILES string of the molecule is CCCC[C@H](NC(C)=O)C(=O)N[C@@H](C)C(=O)N[C@@H](Cc1cnc[nH]1)C(=O)NCCCCC1C(=O)Nc2cc(Cl)ccc2C(=O)N1CC(=O)N[C@@H](Cc1c[nH]c2ccccc12)C(N)=O. The molecule has 1 unspecified atom stereocenters. The van der Waals surface area contributed by atoms with Gasteiger partial charge in [-0.15, -0.1) is 0 Å². The monoisotopic (exact) mass is 887 g/mol. The van der Waals surface area contributed by atoms with Crippen molar-refractivity contribution in [2.45, 2.75) is 102 Å². The molecule has 1 aliphatic heterocycles. The first kappa shape index (κ1) is 47.3. The minimum atomic E-state index is -1.14. The van der Waals surface area contributed by atoms with E-state index in [1.54, 1.807) is 6.20 Å². The van der Waals surface area contributed by atoms with Gasteiger partial charge in [-0.1, -0.05) is 49.6 Å². The molecule has 336 valence electrons. The number of fused-ring (bicyclic) bond motifs is 2. The lowest BCUT2D eigenvalue weighted by molar-refractivity contribution is -0.133. The molecule has 1 aliphatic rings. The lowest BCUT2D eigenvalue weighted by Gasteiger charge is -2.29. The molecule has 19 nitrogen and oxygen atoms in total. The molecular formula is C43H54ClN11O8. The molecule has 8 amide bonds. The molecule has 63 heavy (non-hydrogen) atoms. The normalized spacial score (nSPS) is 15.5. The molecule has 0 spiro atoms. The van der Waals surface area contributed by atoms with Gasteiger partial charge in [-0.3, -0.25) is 38.4 Å². The van der Waals surface area contributed by atoms with Crippen LogP contribution in [0.2, 0.25) is 5.02 Å². The molecule has 0 bridgehead atoms. The Hall–Kier alpha value is -6.76. The fourth-order valence-electron chi connectivity index (χ4n) is 7.29. The van der Waals surface area contributed by atoms with Crippen LogP contribution >= 0.6 is 11.6 Å². The van der Waals surface area contributed by atoms with E-state index in [-0.39, 0.29) is 48.0 Å². The highest BCUT2D eigenvalue weighted by Gasteiger charge is 2.37. The highest BCUT2D eigenvalue weighted by Crippen LogP contribution is 2.28. The van der Waals surface area contributed by atoms with Crippen LogP contribution in [-0.2, 0) is 46.4 Å². The number of nitrogens with two attached hydrogens (primary N) is 1. The van der Waals surface area contributed by atoms with E-state index in [4.69, 9.17) is 17.3 Å². The van der Waals surface area contributed by atoms with Crippen LogP contribution in [0.4, 0.5) is 5.69 Å². The number of nitrogens with zero attached hydrogens (tertiary/aromatic N) is 2. The van der Waals surface area contributed by atoms with Crippen molar-refractivity contribution in [2.75, 3.05) is 18.4 Å². The largest absolute Gasteiger partial charge is 0.368 e. The summed E-state index contributed by atoms with van der Waals surface area (Å²) in [5, 5.41) is 17.3. The van der Waals surface area contributed by atoms with Gasteiger partial charge >= 0.3 is 0 Å². The van der Waals surface area contributed by atoms with Gasteiger partial charge < -0.3 is 52.5 Å². The van der Waals surface area contributed by atoms with Crippen molar-refractivity contribution in [1.29, 1.82) is 0 Å². The second kappa shape index (κ2) is 22.4. The number of benzene rings is 2. The van der Waals surface area contributed by atoms with E-state index in [0.717, 1.165) is 27.8 Å². The molecule has 0 saturated heterocycles. The van der Waals surface area contributed by atoms with E-state index < -0.39 is 78.1 Å². The van der Waals surface area contributed by atoms with Crippen LogP contribution in [-0.4, -0.2) is 110 Å². The summed E-state index contributed by atoms with van der Waals surface area (Å²) in [6, 6.07) is 6.64. The summed E-state index contributed by atoms with van der Waals surface area (Å²) in [5.41, 5.74) is 8.16. The van der Waals surface area contributed by atoms with Crippen molar-refractivity contribution < 1.29 is 38.4 Å². The Morgan fingerprint density at radius 3 is 2.38 bits per heavy atom. The second-order valence-corrected chi connectivity index (χ2v) is 15.9. The number of para-hydroxylation sites is 1. The molecule has 4 aromatic rings. The number of halogens is 1. The Morgan fingerprint density at radius 2 is 1.67 bits per heavy atom. The third-order valence-corrected chi connectivity index (χ3v) is 10.8. The van der Waals surface area contributed by atoms with Crippen molar-refractivity contribution in [3.8, 4) is 0 Å². The molecule has 10 N–H and O–H groups in total. The van der Waals surface area contributed by atoms with Gasteiger partial charge in [0.05, 0.1) is 17.6 Å². The van der Waals surface area contributed by atoms with Crippen LogP contribution < -0.4 is 37.6 Å². The molecule has 0 fully saturated rings. The van der Waals surface area contributed by atoms with Gasteiger partial charge in [-0.2, -0.15) is 0 Å². The summed E-state index contributed by atoms with van der Waals surface area (Å²) in [4.78, 5) is 117. The zero-order valence-corrected chi connectivity index (χ0v) is 36.1. The van der Waals surface area contributed by atoms with E-state index in [2.05, 4.69) is 46.9 Å². The number of amides is 8. The minimum Gasteiger partial charge on any atom is -0.368 e. The maximum atomic E-state index is 14.0. The average Bonchev–Trinajstić information content (AvgIpc) is 3.90. The number of aromatic nitrogens is 3. The number of imidazole rings is 1. The van der Waals surface area contributed by atoms with Crippen LogP contribution in [0.1, 0.15) is 80.9 Å². The molecule has 20 heteroatoms. The molecule has 5 rings (SSSR count). The lowest BCUT2D eigenvalue weighted by Crippen LogP contribution is -2.56. The summed E-state index contributed by atoms with van der Waals surface area (Å²) >= 11 is 6.20. The summed E-state index contributed by atoms with van der Waals surface area (Å²) < 4.78 is 0. The van der Waals surface area contributed by atoms with Crippen molar-refractivity contribution in [3.63, 3.8) is 0 Å². The number of aromatic amines is 2. The number of carbonyl (C=O) groups is 8. The number of hydrogen-bond acceptors (Lipinski definition) is 9. The Bertz CT molecular complexity index is 2300. The van der Waals surface area contributed by atoms with E-state index in [1.807, 2.05) is 31.2 Å². The fraction of sp³-hybridized carbons (Fsp3) is 0.419. The minimum absolute atomic E-state index is 0.0492. The van der Waals surface area contributed by atoms with Crippen LogP contribution in [0, 0.1) is 0 Å². The van der Waals surface area contributed by atoms with Crippen molar-refractivity contribution >= 4 is 75.4 Å². The first-order valence-corrected chi connectivity index (χ1v) is 21.2. The number of unbranched alkanes of at least 4 members (excludes halogenated alkanes) is 2. The summed E-state index contributed by atoms with van der Waals surface area (Å²) in [6.45, 7) is 4.27. The number of hydrogen-bond donors (Lipinski definition) is 9. The first-order chi connectivity index (χ1) is 30.1. The number of primary amides is 1. The van der Waals surface area contributed by atoms with Crippen LogP contribution in [0.15, 0.2) is 61.2 Å². The zero-order valence-electron chi connectivity index (χ0n) is 35.3. The Kier molecular flexibility index (Phi) is 16.8. The Labute approximate surface area is 368 Å². The van der Waals surface area contributed by atoms with Crippen molar-refractivity contribution in [3.05, 3.63) is 83.0 Å². The van der Waals surface area contributed by atoms with Crippen molar-refractivity contribution in [2.24, 2.45) is 5.73 Å². The maximum Gasteiger partial charge on any atom is 0.257 e. The van der Waals surface area contributed by atoms with Crippen LogP contribution in [0.25, 0.3) is 10.9 Å². The topological polar surface area (TPSA) is 282 Å². The van der Waals surface area contributed by atoms with E-state index in [9.17, 15) is 38.4 Å². The standard InChI is InChI=1S/C43H54ClN11O8/c1-4-5-11-32(51-25(3)56)41(61)50-24(2)39(59)54-35(19-28-21-46-23-49-28)40(60)47-16-9-8-13-36-42(62)53-33-18-27(44)14-15-30(33)43(63)55(36)22-37(57)52-34(38(45)58)17-26-20-48-31-12-7-6-10-29(26)31/h6-7,10,12,14-15,18,20-21,23-24,32,34-36,48H,4-5,8-9,11,13,16-17,19,22H2,1-3H3,(H2,45,58)(H,46,49)(H,47,60)(H,50,61)(H,51,56)(H,52,57)(H,53,62)(H,54,59)/t24-,32-,34-,35-,36?/m0/s1. The summed E-state index contributed by atoms with van der Waals surface area (Å²) in [5.74, 6) is -4.74. The molecule has 3 heterocycles. The molecule has 2 aromatic heterocycles. The van der Waals surface area contributed by atoms with Crippen molar-refractivity contribution in [1.82, 2.24) is 46.4 Å². The highest BCUT2D eigenvalue weighted by molar-refractivity contribution is 6.31. The predicted octanol–water partition coefficient (Wildman–Crippen LogP) is 1.73. The van der Waals surface area contributed by atoms with Gasteiger partial charge in [-0.25, -0.2) is 4.98 Å². The highest BCUT2D eigenvalue weighted by atomic mass is 35.5. The molecule has 0 saturated carbocycles. The Balaban J connectivity index is 1.21. The number of H-pyrrole nitrogens is 2. The summed E-state index contributed by atoms with van der Waals surface area (Å²) in [7, 11) is 0. The van der Waals surface area contributed by atoms with Gasteiger partial charge in [0.2, 0.25) is 41.4 Å². The van der Waals surface area contributed by atoms with Gasteiger partial charge in [0, 0.05) is 60.3 Å². The summed E-state index contributed by atoms with van der Waals surface area (Å²) in [6.07, 6.45) is 7.40. The lowest BCUT2D eigenvalue weighted by atomic mass is 10.0. The molecule has 5 atom stereocenters. The van der Waals surface area contributed by atoms with Crippen LogP contribution in [0.3, 0.4) is 0 Å². The zero-order chi connectivity index (χ0) is 45.6. The second-order valence-electron chi connectivity index (χ2n) is 15.5. The first-order valence-electron chi connectivity index (χ1n) is 20.8. The predicted molar refractivity (Wildman–Crippen MR) is 234 cm³/mol. The van der Waals surface area contributed by atoms with E-state index in [0.29, 0.717) is 31.4 Å². The Morgan fingerprint density at radius 1 is 0.889 bits per heavy atom. The quantitative estimate of drug-likeness (QED) is 0.0519. The third kappa shape index (κ3) is 13.1. The van der Waals surface area contributed by atoms with Gasteiger partial charge in [0.25, 0.3) is 5.91 Å². The van der Waals surface area contributed by atoms with E-state index >= 15 is 0 Å². The van der Waals surface area contributed by atoms with Crippen LogP contribution in [0.5, 0.6) is 0 Å². The molecular weight excluding hydrogens is 834 g/mol. The van der Waals surface area contributed by atoms with Gasteiger partial charge in [0.1, 0.15) is 36.8 Å². The average molecular weight is 888 g/mol. The molecule has 0 aliphatic carbocycles. The fourth-order valence-corrected chi connectivity index (χ4v) is 7.46. The van der Waals surface area contributed by atoms with E-state index in [1.165, 1.54) is 44.6 Å². The van der Waals surface area contributed by atoms with Gasteiger partial charge in [-0.05, 0) is 62.4 Å². The number of rotatable bonds is 22. The number of anilines is 1. The third-order valence-electron chi connectivity index (χ3n) is 10.6.